The standard InChI is InChI=1S/C23H22F4/c1-2-3-4-8-16-9-7-14-23(27,15-16)19-11-6-5-10-17(19)18-12-13-20(24)22(26)21(18)25/h5-7,9-13,15H,2-4,8,14H2,1H3. The second kappa shape index (κ2) is 8.12. The van der Waals surface area contributed by atoms with E-state index in [-0.39, 0.29) is 23.1 Å². The van der Waals surface area contributed by atoms with Crippen LogP contribution in [0.25, 0.3) is 11.1 Å². The van der Waals surface area contributed by atoms with Crippen LogP contribution in [-0.4, -0.2) is 0 Å². The lowest BCUT2D eigenvalue weighted by Gasteiger charge is -2.27. The van der Waals surface area contributed by atoms with Crippen molar-refractivity contribution in [1.82, 2.24) is 0 Å². The molecule has 0 radical (unpaired) electrons. The van der Waals surface area contributed by atoms with E-state index in [9.17, 15) is 13.2 Å². The van der Waals surface area contributed by atoms with Crippen LogP contribution in [0.15, 0.2) is 60.2 Å². The van der Waals surface area contributed by atoms with E-state index in [1.165, 1.54) is 6.07 Å². The maximum absolute atomic E-state index is 15.9. The molecule has 4 heteroatoms. The number of alkyl halides is 1. The summed E-state index contributed by atoms with van der Waals surface area (Å²) in [7, 11) is 0. The molecule has 0 N–H and O–H groups in total. The molecule has 3 rings (SSSR count). The molecule has 0 spiro atoms. The Morgan fingerprint density at radius 1 is 0.926 bits per heavy atom. The molecule has 27 heavy (non-hydrogen) atoms. The van der Waals surface area contributed by atoms with E-state index in [1.807, 2.05) is 6.08 Å². The van der Waals surface area contributed by atoms with Crippen molar-refractivity contribution in [2.24, 2.45) is 0 Å². The fourth-order valence-corrected chi connectivity index (χ4v) is 3.52. The van der Waals surface area contributed by atoms with Crippen LogP contribution in [0.1, 0.15) is 44.6 Å². The summed E-state index contributed by atoms with van der Waals surface area (Å²) in [5, 5.41) is 0. The number of hydrogen-bond acceptors (Lipinski definition) is 0. The number of benzene rings is 2. The van der Waals surface area contributed by atoms with Gasteiger partial charge in [0.2, 0.25) is 0 Å². The van der Waals surface area contributed by atoms with E-state index < -0.39 is 23.1 Å². The maximum atomic E-state index is 15.9. The number of allylic oxidation sites excluding steroid dienone is 4. The average Bonchev–Trinajstić information content (AvgIpc) is 2.67. The first-order chi connectivity index (χ1) is 13.0. The Morgan fingerprint density at radius 3 is 2.48 bits per heavy atom. The van der Waals surface area contributed by atoms with Crippen LogP contribution in [0.3, 0.4) is 0 Å². The highest BCUT2D eigenvalue weighted by Gasteiger charge is 2.33. The van der Waals surface area contributed by atoms with Crippen LogP contribution in [0.5, 0.6) is 0 Å². The summed E-state index contributed by atoms with van der Waals surface area (Å²) in [5.41, 5.74) is -0.567. The molecule has 0 nitrogen and oxygen atoms in total. The largest absolute Gasteiger partial charge is 0.234 e. The highest BCUT2D eigenvalue weighted by Crippen LogP contribution is 2.42. The third kappa shape index (κ3) is 4.00. The molecule has 2 aromatic rings. The Balaban J connectivity index is 2.03. The Labute approximate surface area is 157 Å². The molecule has 142 valence electrons. The third-order valence-corrected chi connectivity index (χ3v) is 4.93. The first-order valence-electron chi connectivity index (χ1n) is 9.27. The topological polar surface area (TPSA) is 0 Å². The molecule has 0 saturated heterocycles. The van der Waals surface area contributed by atoms with E-state index in [0.29, 0.717) is 0 Å². The van der Waals surface area contributed by atoms with Gasteiger partial charge < -0.3 is 0 Å². The van der Waals surface area contributed by atoms with Crippen LogP contribution >= 0.6 is 0 Å². The van der Waals surface area contributed by atoms with Crippen molar-refractivity contribution in [3.8, 4) is 11.1 Å². The van der Waals surface area contributed by atoms with Gasteiger partial charge in [0.15, 0.2) is 23.1 Å². The summed E-state index contributed by atoms with van der Waals surface area (Å²) >= 11 is 0. The SMILES string of the molecule is CCCCCC1=CC(F)(c2ccccc2-c2ccc(F)c(F)c2F)CC=C1. The minimum Gasteiger partial charge on any atom is -0.234 e. The molecule has 0 fully saturated rings. The summed E-state index contributed by atoms with van der Waals surface area (Å²) in [5.74, 6) is -4.11. The molecule has 0 aliphatic heterocycles. The lowest BCUT2D eigenvalue weighted by molar-refractivity contribution is 0.234. The maximum Gasteiger partial charge on any atom is 0.195 e. The van der Waals surface area contributed by atoms with Gasteiger partial charge in [-0.05, 0) is 42.2 Å². The van der Waals surface area contributed by atoms with Gasteiger partial charge in [-0.25, -0.2) is 17.6 Å². The van der Waals surface area contributed by atoms with Crippen LogP contribution < -0.4 is 0 Å². The summed E-state index contributed by atoms with van der Waals surface area (Å²) in [4.78, 5) is 0. The molecule has 1 atom stereocenters. The Morgan fingerprint density at radius 2 is 1.70 bits per heavy atom. The zero-order chi connectivity index (χ0) is 19.4. The van der Waals surface area contributed by atoms with Crippen molar-refractivity contribution < 1.29 is 17.6 Å². The lowest BCUT2D eigenvalue weighted by Crippen LogP contribution is -2.20. The minimum atomic E-state index is -1.82. The van der Waals surface area contributed by atoms with E-state index in [4.69, 9.17) is 0 Å². The second-order valence-corrected chi connectivity index (χ2v) is 6.91. The van der Waals surface area contributed by atoms with Crippen molar-refractivity contribution >= 4 is 0 Å². The van der Waals surface area contributed by atoms with Gasteiger partial charge in [0, 0.05) is 17.5 Å². The Bertz CT molecular complexity index is 882. The molecule has 0 bridgehead atoms. The quantitative estimate of drug-likeness (QED) is 0.281. The summed E-state index contributed by atoms with van der Waals surface area (Å²) < 4.78 is 57.3. The highest BCUT2D eigenvalue weighted by atomic mass is 19.2. The van der Waals surface area contributed by atoms with Crippen molar-refractivity contribution in [2.75, 3.05) is 0 Å². The van der Waals surface area contributed by atoms with Gasteiger partial charge in [-0.3, -0.25) is 0 Å². The molecule has 1 unspecified atom stereocenters. The number of hydrogen-bond donors (Lipinski definition) is 0. The fourth-order valence-electron chi connectivity index (χ4n) is 3.52. The van der Waals surface area contributed by atoms with Gasteiger partial charge in [-0.15, -0.1) is 0 Å². The van der Waals surface area contributed by atoms with Gasteiger partial charge in [-0.2, -0.15) is 0 Å². The molecule has 0 amide bonds. The zero-order valence-electron chi connectivity index (χ0n) is 15.2. The molecule has 0 saturated carbocycles. The summed E-state index contributed by atoms with van der Waals surface area (Å²) in [6, 6.07) is 8.43. The van der Waals surface area contributed by atoms with Crippen LogP contribution in [0.4, 0.5) is 17.6 Å². The van der Waals surface area contributed by atoms with Gasteiger partial charge in [0.05, 0.1) is 0 Å². The predicted octanol–water partition coefficient (Wildman–Crippen LogP) is 7.40. The molecule has 0 heterocycles. The Kier molecular flexibility index (Phi) is 5.83. The van der Waals surface area contributed by atoms with Crippen LogP contribution in [-0.2, 0) is 5.67 Å². The average molecular weight is 374 g/mol. The first-order valence-corrected chi connectivity index (χ1v) is 9.27. The minimum absolute atomic E-state index is 0.118. The normalized spacial score (nSPS) is 19.2. The molecular weight excluding hydrogens is 352 g/mol. The Hall–Kier alpha value is -2.36. The zero-order valence-corrected chi connectivity index (χ0v) is 15.2. The van der Waals surface area contributed by atoms with Crippen molar-refractivity contribution in [3.63, 3.8) is 0 Å². The predicted molar refractivity (Wildman–Crippen MR) is 101 cm³/mol. The van der Waals surface area contributed by atoms with Gasteiger partial charge in [0.1, 0.15) is 0 Å². The van der Waals surface area contributed by atoms with E-state index >= 15 is 4.39 Å². The lowest BCUT2D eigenvalue weighted by atomic mass is 9.81. The number of halogens is 4. The summed E-state index contributed by atoms with van der Waals surface area (Å²) in [6.07, 6.45) is 9.30. The van der Waals surface area contributed by atoms with E-state index in [1.54, 1.807) is 30.4 Å². The second-order valence-electron chi connectivity index (χ2n) is 6.91. The highest BCUT2D eigenvalue weighted by molar-refractivity contribution is 5.70. The molecule has 2 aromatic carbocycles. The van der Waals surface area contributed by atoms with Crippen molar-refractivity contribution in [3.05, 3.63) is 83.2 Å². The summed E-state index contributed by atoms with van der Waals surface area (Å²) in [6.45, 7) is 2.11. The third-order valence-electron chi connectivity index (χ3n) is 4.93. The van der Waals surface area contributed by atoms with Crippen molar-refractivity contribution in [2.45, 2.75) is 44.7 Å². The van der Waals surface area contributed by atoms with Gasteiger partial charge in [-0.1, -0.05) is 56.2 Å². The fraction of sp³-hybridized carbons (Fsp3) is 0.304. The van der Waals surface area contributed by atoms with E-state index in [2.05, 4.69) is 6.92 Å². The molecule has 0 aromatic heterocycles. The van der Waals surface area contributed by atoms with Gasteiger partial charge in [0.25, 0.3) is 0 Å². The van der Waals surface area contributed by atoms with Crippen molar-refractivity contribution in [1.29, 1.82) is 0 Å². The molecule has 1 aliphatic carbocycles. The molecular formula is C23H22F4. The number of rotatable bonds is 6. The van der Waals surface area contributed by atoms with Crippen LogP contribution in [0.2, 0.25) is 0 Å². The number of unbranched alkanes of at least 4 members (excludes halogenated alkanes) is 2. The first kappa shape index (κ1) is 19.4. The van der Waals surface area contributed by atoms with Gasteiger partial charge >= 0.3 is 0 Å². The van der Waals surface area contributed by atoms with E-state index in [0.717, 1.165) is 43.4 Å². The molecule has 1 aliphatic rings. The smallest absolute Gasteiger partial charge is 0.195 e. The van der Waals surface area contributed by atoms with Crippen LogP contribution in [0, 0.1) is 17.5 Å². The monoisotopic (exact) mass is 374 g/mol.